The van der Waals surface area contributed by atoms with E-state index in [1.54, 1.807) is 24.3 Å². The standard InChI is InChI=1S/C12H14O2S/c1-10-7-8-12(9-10)15(13,14)11-5-3-2-4-6-11/h2-6,12H,1,7-9H2. The number of rotatable bonds is 2. The summed E-state index contributed by atoms with van der Waals surface area (Å²) < 4.78 is 24.3. The third kappa shape index (κ3) is 1.97. The molecule has 2 nitrogen and oxygen atoms in total. The van der Waals surface area contributed by atoms with Crippen LogP contribution in [0.5, 0.6) is 0 Å². The Labute approximate surface area is 90.6 Å². The summed E-state index contributed by atoms with van der Waals surface area (Å²) in [6.45, 7) is 3.85. The summed E-state index contributed by atoms with van der Waals surface area (Å²) in [7, 11) is -3.13. The lowest BCUT2D eigenvalue weighted by atomic mass is 10.3. The van der Waals surface area contributed by atoms with Gasteiger partial charge < -0.3 is 0 Å². The largest absolute Gasteiger partial charge is 0.223 e. The van der Waals surface area contributed by atoms with Crippen molar-refractivity contribution < 1.29 is 8.42 Å². The summed E-state index contributed by atoms with van der Waals surface area (Å²) in [6.07, 6.45) is 2.18. The first-order chi connectivity index (χ1) is 7.10. The van der Waals surface area contributed by atoms with Crippen LogP contribution in [0.3, 0.4) is 0 Å². The first-order valence-electron chi connectivity index (χ1n) is 5.06. The molecule has 0 amide bonds. The Balaban J connectivity index is 2.32. The van der Waals surface area contributed by atoms with Crippen molar-refractivity contribution in [2.45, 2.75) is 29.4 Å². The third-order valence-electron chi connectivity index (χ3n) is 2.85. The van der Waals surface area contributed by atoms with Gasteiger partial charge >= 0.3 is 0 Å². The molecule has 0 heterocycles. The molecular formula is C12H14O2S. The predicted octanol–water partition coefficient (Wildman–Crippen LogP) is 2.57. The molecule has 15 heavy (non-hydrogen) atoms. The van der Waals surface area contributed by atoms with Gasteiger partial charge in [-0.15, -0.1) is 0 Å². The van der Waals surface area contributed by atoms with E-state index in [0.29, 0.717) is 11.3 Å². The Kier molecular flexibility index (Phi) is 2.65. The van der Waals surface area contributed by atoms with Gasteiger partial charge in [0, 0.05) is 0 Å². The molecule has 0 N–H and O–H groups in total. The molecule has 1 unspecified atom stereocenters. The monoisotopic (exact) mass is 222 g/mol. The average Bonchev–Trinajstić information content (AvgIpc) is 2.67. The number of sulfone groups is 1. The second kappa shape index (κ2) is 3.81. The van der Waals surface area contributed by atoms with Crippen LogP contribution in [0, 0.1) is 0 Å². The molecule has 0 saturated heterocycles. The van der Waals surface area contributed by atoms with E-state index >= 15 is 0 Å². The summed E-state index contributed by atoms with van der Waals surface area (Å²) in [5, 5.41) is -0.257. The third-order valence-corrected chi connectivity index (χ3v) is 5.06. The second-order valence-electron chi connectivity index (χ2n) is 3.97. The van der Waals surface area contributed by atoms with E-state index in [9.17, 15) is 8.42 Å². The van der Waals surface area contributed by atoms with Crippen molar-refractivity contribution in [1.82, 2.24) is 0 Å². The molecule has 2 rings (SSSR count). The van der Waals surface area contributed by atoms with E-state index in [4.69, 9.17) is 0 Å². The lowest BCUT2D eigenvalue weighted by Gasteiger charge is -2.10. The molecule has 1 aromatic carbocycles. The minimum Gasteiger partial charge on any atom is -0.223 e. The second-order valence-corrected chi connectivity index (χ2v) is 6.20. The molecular weight excluding hydrogens is 208 g/mol. The molecule has 1 atom stereocenters. The summed E-state index contributed by atoms with van der Waals surface area (Å²) in [6, 6.07) is 8.67. The van der Waals surface area contributed by atoms with Crippen LogP contribution in [0.1, 0.15) is 19.3 Å². The average molecular weight is 222 g/mol. The Morgan fingerprint density at radius 1 is 1.20 bits per heavy atom. The van der Waals surface area contributed by atoms with Crippen LogP contribution in [0.2, 0.25) is 0 Å². The fraction of sp³-hybridized carbons (Fsp3) is 0.333. The lowest BCUT2D eigenvalue weighted by Crippen LogP contribution is -2.17. The molecule has 0 bridgehead atoms. The van der Waals surface area contributed by atoms with Gasteiger partial charge in [-0.25, -0.2) is 8.42 Å². The van der Waals surface area contributed by atoms with Crippen LogP contribution in [-0.2, 0) is 9.84 Å². The van der Waals surface area contributed by atoms with Crippen LogP contribution >= 0.6 is 0 Å². The van der Waals surface area contributed by atoms with Crippen LogP contribution < -0.4 is 0 Å². The van der Waals surface area contributed by atoms with Crippen molar-refractivity contribution in [3.05, 3.63) is 42.5 Å². The van der Waals surface area contributed by atoms with Crippen LogP contribution in [-0.4, -0.2) is 13.7 Å². The van der Waals surface area contributed by atoms with Crippen LogP contribution in [0.15, 0.2) is 47.4 Å². The summed E-state index contributed by atoms with van der Waals surface area (Å²) in [5.74, 6) is 0. The molecule has 1 fully saturated rings. The Hall–Kier alpha value is -1.09. The van der Waals surface area contributed by atoms with Gasteiger partial charge in [-0.2, -0.15) is 0 Å². The molecule has 1 aliphatic rings. The van der Waals surface area contributed by atoms with Gasteiger partial charge in [0.25, 0.3) is 0 Å². The van der Waals surface area contributed by atoms with E-state index in [2.05, 4.69) is 6.58 Å². The molecule has 0 aromatic heterocycles. The van der Waals surface area contributed by atoms with Crippen molar-refractivity contribution >= 4 is 9.84 Å². The lowest BCUT2D eigenvalue weighted by molar-refractivity contribution is 0.580. The van der Waals surface area contributed by atoms with E-state index in [-0.39, 0.29) is 5.25 Å². The van der Waals surface area contributed by atoms with Crippen molar-refractivity contribution in [3.8, 4) is 0 Å². The Morgan fingerprint density at radius 2 is 1.87 bits per heavy atom. The fourth-order valence-electron chi connectivity index (χ4n) is 1.96. The SMILES string of the molecule is C=C1CCC(S(=O)(=O)c2ccccc2)C1. The maximum atomic E-state index is 12.1. The molecule has 0 aliphatic heterocycles. The van der Waals surface area contributed by atoms with Gasteiger partial charge in [-0.3, -0.25) is 0 Å². The summed E-state index contributed by atoms with van der Waals surface area (Å²) >= 11 is 0. The fourth-order valence-corrected chi connectivity index (χ4v) is 3.76. The van der Waals surface area contributed by atoms with Crippen LogP contribution in [0.25, 0.3) is 0 Å². The van der Waals surface area contributed by atoms with Gasteiger partial charge in [-0.1, -0.05) is 30.4 Å². The van der Waals surface area contributed by atoms with E-state index in [0.717, 1.165) is 18.4 Å². The van der Waals surface area contributed by atoms with Gasteiger partial charge in [0.1, 0.15) is 0 Å². The maximum Gasteiger partial charge on any atom is 0.181 e. The normalized spacial score (nSPS) is 21.9. The van der Waals surface area contributed by atoms with Gasteiger partial charge in [0.2, 0.25) is 0 Å². The number of benzene rings is 1. The predicted molar refractivity (Wildman–Crippen MR) is 60.4 cm³/mol. The highest BCUT2D eigenvalue weighted by Crippen LogP contribution is 2.32. The van der Waals surface area contributed by atoms with Crippen molar-refractivity contribution in [3.63, 3.8) is 0 Å². The van der Waals surface area contributed by atoms with Gasteiger partial charge in [0.05, 0.1) is 10.1 Å². The number of hydrogen-bond acceptors (Lipinski definition) is 2. The van der Waals surface area contributed by atoms with E-state index < -0.39 is 9.84 Å². The molecule has 0 spiro atoms. The quantitative estimate of drug-likeness (QED) is 0.721. The summed E-state index contributed by atoms with van der Waals surface area (Å²) in [4.78, 5) is 0.435. The molecule has 0 radical (unpaired) electrons. The smallest absolute Gasteiger partial charge is 0.181 e. The zero-order valence-corrected chi connectivity index (χ0v) is 9.33. The Bertz CT molecular complexity index is 460. The first kappa shape index (κ1) is 10.4. The number of allylic oxidation sites excluding steroid dienone is 1. The van der Waals surface area contributed by atoms with E-state index in [1.165, 1.54) is 0 Å². The van der Waals surface area contributed by atoms with Gasteiger partial charge in [0.15, 0.2) is 9.84 Å². The highest BCUT2D eigenvalue weighted by Gasteiger charge is 2.31. The first-order valence-corrected chi connectivity index (χ1v) is 6.61. The minimum absolute atomic E-state index is 0.257. The highest BCUT2D eigenvalue weighted by molar-refractivity contribution is 7.92. The van der Waals surface area contributed by atoms with Crippen LogP contribution in [0.4, 0.5) is 0 Å². The van der Waals surface area contributed by atoms with E-state index in [1.807, 2.05) is 6.07 Å². The Morgan fingerprint density at radius 3 is 2.40 bits per heavy atom. The molecule has 1 aliphatic carbocycles. The summed E-state index contributed by atoms with van der Waals surface area (Å²) in [5.41, 5.74) is 1.06. The molecule has 3 heteroatoms. The minimum atomic E-state index is -3.13. The number of hydrogen-bond donors (Lipinski definition) is 0. The zero-order chi connectivity index (χ0) is 10.9. The van der Waals surface area contributed by atoms with Gasteiger partial charge in [-0.05, 0) is 31.4 Å². The highest BCUT2D eigenvalue weighted by atomic mass is 32.2. The van der Waals surface area contributed by atoms with Crippen molar-refractivity contribution in [1.29, 1.82) is 0 Å². The topological polar surface area (TPSA) is 34.1 Å². The van der Waals surface area contributed by atoms with Crippen molar-refractivity contribution in [2.24, 2.45) is 0 Å². The molecule has 1 aromatic rings. The molecule has 1 saturated carbocycles. The maximum absolute atomic E-state index is 12.1. The van der Waals surface area contributed by atoms with Crippen molar-refractivity contribution in [2.75, 3.05) is 0 Å². The molecule has 80 valence electrons. The zero-order valence-electron chi connectivity index (χ0n) is 8.52.